The predicted octanol–water partition coefficient (Wildman–Crippen LogP) is 4.30. The molecule has 1 aromatic rings. The van der Waals surface area contributed by atoms with Crippen LogP contribution in [-0.2, 0) is 4.74 Å². The second kappa shape index (κ2) is 6.05. The molecule has 2 nitrogen and oxygen atoms in total. The summed E-state index contributed by atoms with van der Waals surface area (Å²) in [4.78, 5) is 0. The average Bonchev–Trinajstić information content (AvgIpc) is 2.89. The largest absolute Gasteiger partial charge is 0.374 e. The van der Waals surface area contributed by atoms with E-state index in [-0.39, 0.29) is 11.6 Å². The Balaban J connectivity index is 1.75. The van der Waals surface area contributed by atoms with Gasteiger partial charge >= 0.3 is 0 Å². The Kier molecular flexibility index (Phi) is 4.54. The summed E-state index contributed by atoms with van der Waals surface area (Å²) in [6.45, 7) is 0.820. The van der Waals surface area contributed by atoms with Gasteiger partial charge in [-0.1, -0.05) is 29.3 Å². The van der Waals surface area contributed by atoms with Gasteiger partial charge in [-0.05, 0) is 48.6 Å². The molecular weight excluding hydrogens is 313 g/mol. The van der Waals surface area contributed by atoms with Crippen LogP contribution in [0.15, 0.2) is 18.2 Å². The topological polar surface area (TPSA) is 35.2 Å². The predicted molar refractivity (Wildman–Crippen MR) is 86.7 cm³/mol. The lowest BCUT2D eigenvalue weighted by Gasteiger charge is -2.40. The number of nitrogens with two attached hydrogens (primary N) is 1. The van der Waals surface area contributed by atoms with Crippen LogP contribution in [0.3, 0.4) is 0 Å². The van der Waals surface area contributed by atoms with E-state index in [2.05, 4.69) is 0 Å². The molecule has 1 spiro atoms. The van der Waals surface area contributed by atoms with Gasteiger partial charge in [-0.3, -0.25) is 0 Å². The standard InChI is InChI=1S/C15H19Cl2NOS/c16-12-2-1-10(7-13(12)17)14(18)11-3-5-19-15(8-11)4-6-20-9-15/h1-2,7,11,14H,3-6,8-9,18H2. The third-order valence-corrected chi connectivity index (χ3v) is 6.40. The number of hydrogen-bond acceptors (Lipinski definition) is 3. The van der Waals surface area contributed by atoms with Crippen molar-refractivity contribution >= 4 is 35.0 Å². The second-order valence-corrected chi connectivity index (χ2v) is 7.71. The highest BCUT2D eigenvalue weighted by Gasteiger charge is 2.42. The van der Waals surface area contributed by atoms with Crippen LogP contribution in [0.5, 0.6) is 0 Å². The van der Waals surface area contributed by atoms with Crippen molar-refractivity contribution in [1.82, 2.24) is 0 Å². The van der Waals surface area contributed by atoms with E-state index in [0.717, 1.165) is 37.2 Å². The van der Waals surface area contributed by atoms with E-state index in [1.165, 1.54) is 5.75 Å². The third-order valence-electron chi connectivity index (χ3n) is 4.43. The van der Waals surface area contributed by atoms with Crippen molar-refractivity contribution in [3.63, 3.8) is 0 Å². The van der Waals surface area contributed by atoms with Gasteiger partial charge in [0.1, 0.15) is 0 Å². The van der Waals surface area contributed by atoms with E-state index < -0.39 is 0 Å². The second-order valence-electron chi connectivity index (χ2n) is 5.79. The molecule has 1 aromatic carbocycles. The normalized spacial score (nSPS) is 31.6. The first-order valence-corrected chi connectivity index (χ1v) is 8.93. The first kappa shape index (κ1) is 15.0. The van der Waals surface area contributed by atoms with Crippen LogP contribution in [0.25, 0.3) is 0 Å². The Bertz CT molecular complexity index is 491. The highest BCUT2D eigenvalue weighted by molar-refractivity contribution is 7.99. The molecule has 0 radical (unpaired) electrons. The van der Waals surface area contributed by atoms with Crippen molar-refractivity contribution in [2.24, 2.45) is 11.7 Å². The summed E-state index contributed by atoms with van der Waals surface area (Å²) < 4.78 is 6.06. The maximum absolute atomic E-state index is 6.48. The van der Waals surface area contributed by atoms with Gasteiger partial charge in [0.25, 0.3) is 0 Å². The maximum atomic E-state index is 6.48. The molecule has 3 atom stereocenters. The highest BCUT2D eigenvalue weighted by Crippen LogP contribution is 2.43. The quantitative estimate of drug-likeness (QED) is 0.877. The van der Waals surface area contributed by atoms with E-state index in [0.29, 0.717) is 16.0 Å². The van der Waals surface area contributed by atoms with Gasteiger partial charge in [-0.15, -0.1) is 0 Å². The third kappa shape index (κ3) is 2.97. The Hall–Kier alpha value is 0.0700. The summed E-state index contributed by atoms with van der Waals surface area (Å²) >= 11 is 14.1. The van der Waals surface area contributed by atoms with Crippen molar-refractivity contribution in [3.8, 4) is 0 Å². The fourth-order valence-electron chi connectivity index (χ4n) is 3.23. The molecule has 2 saturated heterocycles. The van der Waals surface area contributed by atoms with Gasteiger partial charge in [0, 0.05) is 18.4 Å². The van der Waals surface area contributed by atoms with E-state index in [1.807, 2.05) is 30.0 Å². The molecule has 0 saturated carbocycles. The number of hydrogen-bond donors (Lipinski definition) is 1. The molecule has 0 aromatic heterocycles. The minimum absolute atomic E-state index is 0.0103. The minimum Gasteiger partial charge on any atom is -0.374 e. The zero-order chi connectivity index (χ0) is 14.2. The van der Waals surface area contributed by atoms with Gasteiger partial charge in [-0.25, -0.2) is 0 Å². The van der Waals surface area contributed by atoms with Crippen LogP contribution in [0.2, 0.25) is 10.0 Å². The maximum Gasteiger partial charge on any atom is 0.0783 e. The number of thioether (sulfide) groups is 1. The Morgan fingerprint density at radius 1 is 1.35 bits per heavy atom. The molecule has 110 valence electrons. The molecule has 20 heavy (non-hydrogen) atoms. The minimum atomic E-state index is 0.0103. The van der Waals surface area contributed by atoms with Crippen LogP contribution in [0, 0.1) is 5.92 Å². The lowest BCUT2D eigenvalue weighted by Crippen LogP contribution is -2.42. The van der Waals surface area contributed by atoms with Crippen molar-refractivity contribution in [2.45, 2.75) is 30.9 Å². The fraction of sp³-hybridized carbons (Fsp3) is 0.600. The summed E-state index contributed by atoms with van der Waals surface area (Å²) in [6.07, 6.45) is 3.23. The lowest BCUT2D eigenvalue weighted by molar-refractivity contribution is -0.0834. The van der Waals surface area contributed by atoms with Gasteiger partial charge in [-0.2, -0.15) is 11.8 Å². The monoisotopic (exact) mass is 331 g/mol. The van der Waals surface area contributed by atoms with E-state index in [1.54, 1.807) is 0 Å². The van der Waals surface area contributed by atoms with Crippen molar-refractivity contribution in [2.75, 3.05) is 18.1 Å². The average molecular weight is 332 g/mol. The smallest absolute Gasteiger partial charge is 0.0783 e. The zero-order valence-corrected chi connectivity index (χ0v) is 13.6. The van der Waals surface area contributed by atoms with Gasteiger partial charge in [0.05, 0.1) is 15.6 Å². The van der Waals surface area contributed by atoms with Crippen LogP contribution in [0.4, 0.5) is 0 Å². The SMILES string of the molecule is NC(c1ccc(Cl)c(Cl)c1)C1CCOC2(CCSC2)C1. The van der Waals surface area contributed by atoms with Crippen molar-refractivity contribution in [1.29, 1.82) is 0 Å². The number of rotatable bonds is 2. The van der Waals surface area contributed by atoms with Crippen LogP contribution >= 0.6 is 35.0 Å². The summed E-state index contributed by atoms with van der Waals surface area (Å²) in [6, 6.07) is 5.74. The molecule has 3 unspecified atom stereocenters. The first-order chi connectivity index (χ1) is 9.60. The zero-order valence-electron chi connectivity index (χ0n) is 11.3. The van der Waals surface area contributed by atoms with E-state index in [9.17, 15) is 0 Å². The molecule has 2 fully saturated rings. The molecule has 2 aliphatic heterocycles. The molecule has 0 amide bonds. The fourth-order valence-corrected chi connectivity index (χ4v) is 4.91. The number of benzene rings is 1. The van der Waals surface area contributed by atoms with E-state index >= 15 is 0 Å². The summed E-state index contributed by atoms with van der Waals surface area (Å²) in [5.41, 5.74) is 7.62. The molecular formula is C15H19Cl2NOS. The summed E-state index contributed by atoms with van der Waals surface area (Å²) in [5.74, 6) is 2.77. The summed E-state index contributed by atoms with van der Waals surface area (Å²) in [7, 11) is 0. The van der Waals surface area contributed by atoms with Gasteiger partial charge in [0.2, 0.25) is 0 Å². The molecule has 3 rings (SSSR count). The molecule has 2 aliphatic rings. The lowest BCUT2D eigenvalue weighted by atomic mass is 9.79. The molecule has 2 N–H and O–H groups in total. The van der Waals surface area contributed by atoms with Crippen LogP contribution in [0.1, 0.15) is 30.9 Å². The molecule has 0 aliphatic carbocycles. The van der Waals surface area contributed by atoms with Crippen molar-refractivity contribution < 1.29 is 4.74 Å². The molecule has 0 bridgehead atoms. The van der Waals surface area contributed by atoms with Crippen molar-refractivity contribution in [3.05, 3.63) is 33.8 Å². The summed E-state index contributed by atoms with van der Waals surface area (Å²) in [5, 5.41) is 1.16. The Morgan fingerprint density at radius 3 is 2.90 bits per heavy atom. The van der Waals surface area contributed by atoms with Crippen LogP contribution in [-0.4, -0.2) is 23.7 Å². The Labute approximate surface area is 134 Å². The van der Waals surface area contributed by atoms with Gasteiger partial charge in [0.15, 0.2) is 0 Å². The van der Waals surface area contributed by atoms with E-state index in [4.69, 9.17) is 33.7 Å². The molecule has 5 heteroatoms. The number of halogens is 2. The first-order valence-electron chi connectivity index (χ1n) is 7.02. The van der Waals surface area contributed by atoms with Crippen LogP contribution < -0.4 is 5.73 Å². The number of ether oxygens (including phenoxy) is 1. The highest BCUT2D eigenvalue weighted by atomic mass is 35.5. The van der Waals surface area contributed by atoms with Gasteiger partial charge < -0.3 is 10.5 Å². The Morgan fingerprint density at radius 2 is 2.20 bits per heavy atom. The molecule has 2 heterocycles.